The van der Waals surface area contributed by atoms with E-state index in [-0.39, 0.29) is 46.7 Å². The third-order valence-corrected chi connectivity index (χ3v) is 19.0. The molecule has 374 valence electrons. The fourth-order valence-electron chi connectivity index (χ4n) is 15.1. The van der Waals surface area contributed by atoms with Crippen molar-refractivity contribution in [2.75, 3.05) is 26.9 Å². The summed E-state index contributed by atoms with van der Waals surface area (Å²) in [6.07, 6.45) is -14.8. The van der Waals surface area contributed by atoms with Crippen LogP contribution in [0.2, 0.25) is 0 Å². The van der Waals surface area contributed by atoms with Crippen LogP contribution in [-0.4, -0.2) is 194 Å². The average molecular weight is 931 g/mol. The first-order valence-electron chi connectivity index (χ1n) is 24.0. The number of allylic oxidation sites excluding steroid dienone is 1. The molecule has 3 heterocycles. The van der Waals surface area contributed by atoms with Gasteiger partial charge in [0.2, 0.25) is 0 Å². The van der Waals surface area contributed by atoms with Crippen LogP contribution in [-0.2, 0) is 33.2 Å². The number of ether oxygens (including phenoxy) is 7. The second-order valence-corrected chi connectivity index (χ2v) is 22.4. The maximum absolute atomic E-state index is 12.0. The van der Waals surface area contributed by atoms with Crippen LogP contribution in [0.25, 0.3) is 0 Å². The predicted octanol–water partition coefficient (Wildman–Crippen LogP) is -0.399. The molecule has 8 aliphatic rings. The molecular weight excluding hydrogens is 852 g/mol. The largest absolute Gasteiger partial charge is 0.396 e. The van der Waals surface area contributed by atoms with Crippen molar-refractivity contribution in [3.8, 4) is 0 Å². The lowest BCUT2D eigenvalue weighted by Gasteiger charge is -2.72. The summed E-state index contributed by atoms with van der Waals surface area (Å²) in [5, 5.41) is 119. The number of methoxy groups -OCH3 is 1. The molecule has 0 unspecified atom stereocenters. The molecule has 25 atom stereocenters. The SMILES string of the molecule is CO[C@@H]1C=C2[C@@H]3CCCC[C@]3(CO)[C@@H](O)C[C@@]2(C)[C@@]2(C)CC[C@@H]3C(C)(C)[C@@H](O[C@@H]4O[C@H](CO[C@@H]5O[C@H](CO)[C@@H](O)[C@H](O)[C@H]5O)[C@@H](O[C@@H]5O[C@@H](C)[C@H](O)[C@@H](O)[C@H]5O)[C@H](O)[C@H]4O)CC[C@]3(C)[C@H]12. The summed E-state index contributed by atoms with van der Waals surface area (Å²) in [6, 6.07) is 0. The Morgan fingerprint density at radius 3 is 2.00 bits per heavy atom. The minimum absolute atomic E-state index is 0.0397. The van der Waals surface area contributed by atoms with E-state index in [1.807, 2.05) is 0 Å². The molecule has 0 aromatic carbocycles. The first-order chi connectivity index (χ1) is 30.6. The lowest BCUT2D eigenvalue weighted by molar-refractivity contribution is -0.374. The third kappa shape index (κ3) is 7.84. The number of aliphatic hydroxyl groups is 11. The molecule has 0 aromatic rings. The van der Waals surface area contributed by atoms with Gasteiger partial charge in [-0.3, -0.25) is 0 Å². The van der Waals surface area contributed by atoms with Crippen LogP contribution in [0.1, 0.15) is 99.3 Å². The van der Waals surface area contributed by atoms with Crippen LogP contribution in [0.15, 0.2) is 11.6 Å². The quantitative estimate of drug-likeness (QED) is 0.0982. The van der Waals surface area contributed by atoms with Crippen LogP contribution in [0, 0.1) is 44.8 Å². The van der Waals surface area contributed by atoms with Crippen molar-refractivity contribution in [3.05, 3.63) is 11.6 Å². The van der Waals surface area contributed by atoms with Crippen molar-refractivity contribution < 1.29 is 89.3 Å². The van der Waals surface area contributed by atoms with Crippen LogP contribution < -0.4 is 0 Å². The third-order valence-electron chi connectivity index (χ3n) is 19.0. The highest BCUT2D eigenvalue weighted by molar-refractivity contribution is 5.36. The molecule has 18 nitrogen and oxygen atoms in total. The summed E-state index contributed by atoms with van der Waals surface area (Å²) in [5.74, 6) is 0.252. The summed E-state index contributed by atoms with van der Waals surface area (Å²) < 4.78 is 42.8. The van der Waals surface area contributed by atoms with Gasteiger partial charge in [-0.15, -0.1) is 0 Å². The second-order valence-electron chi connectivity index (χ2n) is 22.4. The number of hydrogen-bond acceptors (Lipinski definition) is 18. The van der Waals surface area contributed by atoms with Crippen molar-refractivity contribution in [1.29, 1.82) is 0 Å². The van der Waals surface area contributed by atoms with Crippen molar-refractivity contribution in [1.82, 2.24) is 0 Å². The Balaban J connectivity index is 1.04. The molecule has 0 radical (unpaired) electrons. The van der Waals surface area contributed by atoms with Gasteiger partial charge in [0.1, 0.15) is 67.1 Å². The summed E-state index contributed by atoms with van der Waals surface area (Å²) in [5.41, 5.74) is -0.555. The maximum atomic E-state index is 12.0. The molecule has 5 aliphatic carbocycles. The zero-order valence-corrected chi connectivity index (χ0v) is 39.0. The molecule has 11 N–H and O–H groups in total. The van der Waals surface area contributed by atoms with Gasteiger partial charge in [0.25, 0.3) is 0 Å². The summed E-state index contributed by atoms with van der Waals surface area (Å²) in [7, 11) is 1.78. The highest BCUT2D eigenvalue weighted by Crippen LogP contribution is 2.75. The molecule has 7 fully saturated rings. The minimum Gasteiger partial charge on any atom is -0.396 e. The Bertz CT molecular complexity index is 1700. The van der Waals surface area contributed by atoms with Crippen molar-refractivity contribution in [2.24, 2.45) is 44.8 Å². The van der Waals surface area contributed by atoms with E-state index >= 15 is 0 Å². The molecule has 4 saturated carbocycles. The number of hydrogen-bond donors (Lipinski definition) is 11. The first-order valence-corrected chi connectivity index (χ1v) is 24.0. The van der Waals surface area contributed by atoms with Gasteiger partial charge in [-0.05, 0) is 85.4 Å². The highest BCUT2D eigenvalue weighted by atomic mass is 16.8. The van der Waals surface area contributed by atoms with Crippen molar-refractivity contribution in [2.45, 2.75) is 210 Å². The molecule has 0 bridgehead atoms. The standard InChI is InChI=1S/C47H78O18/c1-21-30(51)32(53)36(57)41(61-21)65-38-26(19-60-40-35(56)33(54)31(52)25(18-48)62-40)63-42(37(58)34(38)55)64-29-12-14-44(4)27(43(29,2)3)11-15-45(5)39(44)24(59-7)16-23-22-10-8-9-13-47(22,20-49)28(50)17-46(23,45)6/h16,21-22,24-42,48-58H,8-15,17-20H2,1-7H3/t21-,22-,24+,25+,26+,27+,28-,29-,30-,31+,32+,33-,34+,35+,36+,37+,38+,39-,40+,41-,42-,44-,45-,46+,47+/m0/s1. The molecule has 18 heteroatoms. The fourth-order valence-corrected chi connectivity index (χ4v) is 15.1. The van der Waals surface area contributed by atoms with Gasteiger partial charge in [-0.1, -0.05) is 59.1 Å². The van der Waals surface area contributed by atoms with Gasteiger partial charge < -0.3 is 89.3 Å². The number of rotatable bonds is 10. The van der Waals surface area contributed by atoms with Crippen LogP contribution in [0.4, 0.5) is 0 Å². The second kappa shape index (κ2) is 18.3. The van der Waals surface area contributed by atoms with Gasteiger partial charge in [0, 0.05) is 18.4 Å². The fraction of sp³-hybridized carbons (Fsp3) is 0.957. The van der Waals surface area contributed by atoms with Crippen LogP contribution in [0.3, 0.4) is 0 Å². The van der Waals surface area contributed by atoms with Gasteiger partial charge in [-0.2, -0.15) is 0 Å². The van der Waals surface area contributed by atoms with E-state index in [2.05, 4.69) is 40.7 Å². The molecule has 3 saturated heterocycles. The predicted molar refractivity (Wildman–Crippen MR) is 227 cm³/mol. The molecule has 3 aliphatic heterocycles. The summed E-state index contributed by atoms with van der Waals surface area (Å²) >= 11 is 0. The highest BCUT2D eigenvalue weighted by Gasteiger charge is 2.71. The zero-order chi connectivity index (χ0) is 47.3. The molecular formula is C47H78O18. The average Bonchev–Trinajstić information content (AvgIpc) is 3.27. The normalized spacial score (nSPS) is 55.5. The Morgan fingerprint density at radius 2 is 1.32 bits per heavy atom. The van der Waals surface area contributed by atoms with Gasteiger partial charge in [-0.25, -0.2) is 0 Å². The van der Waals surface area contributed by atoms with E-state index in [0.29, 0.717) is 12.8 Å². The summed E-state index contributed by atoms with van der Waals surface area (Å²) in [4.78, 5) is 0. The Morgan fingerprint density at radius 1 is 0.677 bits per heavy atom. The smallest absolute Gasteiger partial charge is 0.187 e. The van der Waals surface area contributed by atoms with E-state index in [0.717, 1.165) is 44.9 Å². The molecule has 65 heavy (non-hydrogen) atoms. The van der Waals surface area contributed by atoms with Crippen molar-refractivity contribution in [3.63, 3.8) is 0 Å². The van der Waals surface area contributed by atoms with E-state index in [1.165, 1.54) is 12.5 Å². The molecule has 0 spiro atoms. The van der Waals surface area contributed by atoms with Gasteiger partial charge >= 0.3 is 0 Å². The molecule has 0 aromatic heterocycles. The Kier molecular flexibility index (Phi) is 14.2. The van der Waals surface area contributed by atoms with E-state index in [9.17, 15) is 56.2 Å². The first kappa shape index (κ1) is 50.4. The molecule has 0 amide bonds. The zero-order valence-electron chi connectivity index (χ0n) is 39.0. The Hall–Kier alpha value is -0.980. The van der Waals surface area contributed by atoms with Crippen molar-refractivity contribution >= 4 is 0 Å². The maximum Gasteiger partial charge on any atom is 0.187 e. The number of aliphatic hydroxyl groups excluding tert-OH is 11. The van der Waals surface area contributed by atoms with Gasteiger partial charge in [0.05, 0.1) is 44.2 Å². The summed E-state index contributed by atoms with van der Waals surface area (Å²) in [6.45, 7) is 11.6. The Labute approximate surface area is 381 Å². The van der Waals surface area contributed by atoms with E-state index in [1.54, 1.807) is 7.11 Å². The number of fused-ring (bicyclic) bond motifs is 7. The topological polar surface area (TPSA) is 287 Å². The van der Waals surface area contributed by atoms with Crippen LogP contribution in [0.5, 0.6) is 0 Å². The lowest BCUT2D eigenvalue weighted by Crippen LogP contribution is -2.69. The minimum atomic E-state index is -1.77. The van der Waals surface area contributed by atoms with E-state index in [4.69, 9.17) is 33.2 Å². The van der Waals surface area contributed by atoms with E-state index < -0.39 is 128 Å². The lowest BCUT2D eigenvalue weighted by atomic mass is 9.33. The molecule has 8 rings (SSSR count). The van der Waals surface area contributed by atoms with Gasteiger partial charge in [0.15, 0.2) is 18.9 Å². The monoisotopic (exact) mass is 931 g/mol. The van der Waals surface area contributed by atoms with Crippen LogP contribution >= 0.6 is 0 Å².